The van der Waals surface area contributed by atoms with E-state index in [0.717, 1.165) is 21.9 Å². The summed E-state index contributed by atoms with van der Waals surface area (Å²) in [5, 5.41) is 4.50. The Hall–Kier alpha value is -0.480. The van der Waals surface area contributed by atoms with Crippen molar-refractivity contribution in [1.82, 2.24) is 0 Å². The van der Waals surface area contributed by atoms with Gasteiger partial charge < -0.3 is 5.32 Å². The van der Waals surface area contributed by atoms with E-state index < -0.39 is 0 Å². The van der Waals surface area contributed by atoms with Crippen molar-refractivity contribution in [3.63, 3.8) is 0 Å². The van der Waals surface area contributed by atoms with E-state index in [1.54, 1.807) is 0 Å². The molecule has 0 saturated heterocycles. The van der Waals surface area contributed by atoms with Crippen LogP contribution in [0.15, 0.2) is 33.7 Å². The second-order valence-electron chi connectivity index (χ2n) is 5.60. The lowest BCUT2D eigenvalue weighted by Crippen LogP contribution is -2.35. The molecule has 1 N–H and O–H groups in total. The molecule has 1 aliphatic carbocycles. The molecule has 1 fully saturated rings. The number of rotatable bonds is 1. The number of nitrogens with one attached hydrogen (secondary N) is 1. The Kier molecular flexibility index (Phi) is 4.18. The summed E-state index contributed by atoms with van der Waals surface area (Å²) >= 11 is 5.35. The highest BCUT2D eigenvalue weighted by Crippen LogP contribution is 2.41. The molecule has 1 aromatic rings. The molecule has 2 aliphatic rings. The molecule has 0 amide bonds. The van der Waals surface area contributed by atoms with Gasteiger partial charge in [0.1, 0.15) is 0 Å². The monoisotopic (exact) mass is 338 g/mol. The summed E-state index contributed by atoms with van der Waals surface area (Å²) in [6, 6.07) is 8.27. The molecule has 3 rings (SSSR count). The number of hydrogen-bond acceptors (Lipinski definition) is 3. The normalized spacial score (nSPS) is 22.1. The van der Waals surface area contributed by atoms with Crippen LogP contribution >= 0.6 is 27.7 Å². The number of thioether (sulfide) groups is 1. The summed E-state index contributed by atoms with van der Waals surface area (Å²) in [5.74, 6) is 1.23. The molecule has 0 aromatic heterocycles. The fourth-order valence-corrected chi connectivity index (χ4v) is 4.32. The van der Waals surface area contributed by atoms with Crippen molar-refractivity contribution < 1.29 is 0 Å². The number of anilines is 1. The number of hydrogen-bond donors (Lipinski definition) is 1. The zero-order valence-corrected chi connectivity index (χ0v) is 13.4. The van der Waals surface area contributed by atoms with Gasteiger partial charge in [0.25, 0.3) is 0 Å². The first-order valence-electron chi connectivity index (χ1n) is 6.96. The number of nitrogens with zero attached hydrogens (tertiary/aromatic N) is 1. The Morgan fingerprint density at radius 2 is 1.84 bits per heavy atom. The largest absolute Gasteiger partial charge is 0.335 e. The lowest BCUT2D eigenvalue weighted by Gasteiger charge is -2.38. The van der Waals surface area contributed by atoms with Crippen LogP contribution in [0.3, 0.4) is 0 Å². The zero-order valence-electron chi connectivity index (χ0n) is 11.0. The van der Waals surface area contributed by atoms with Crippen LogP contribution in [0.5, 0.6) is 0 Å². The maximum atomic E-state index is 4.78. The quantitative estimate of drug-likeness (QED) is 0.786. The molecular formula is C15H19BrN2S. The number of aliphatic imine (C=N–C) groups is 1. The van der Waals surface area contributed by atoms with Gasteiger partial charge >= 0.3 is 0 Å². The summed E-state index contributed by atoms with van der Waals surface area (Å²) in [6.07, 6.45) is 6.95. The lowest BCUT2D eigenvalue weighted by atomic mass is 9.75. The van der Waals surface area contributed by atoms with Crippen molar-refractivity contribution in [1.29, 1.82) is 0 Å². The van der Waals surface area contributed by atoms with E-state index in [1.807, 2.05) is 11.8 Å². The third kappa shape index (κ3) is 3.34. The third-order valence-corrected chi connectivity index (χ3v) is 5.87. The fourth-order valence-electron chi connectivity index (χ4n) is 2.89. The molecule has 2 nitrogen and oxygen atoms in total. The molecule has 0 bridgehead atoms. The van der Waals surface area contributed by atoms with E-state index in [2.05, 4.69) is 45.5 Å². The van der Waals surface area contributed by atoms with Crippen molar-refractivity contribution in [2.75, 3.05) is 17.6 Å². The SMILES string of the molecule is Brc1ccc(NC2=NCC3(CCCCC3)CS2)cc1. The number of amidine groups is 1. The summed E-state index contributed by atoms with van der Waals surface area (Å²) in [4.78, 5) is 4.78. The van der Waals surface area contributed by atoms with Gasteiger partial charge in [0.2, 0.25) is 0 Å². The predicted molar refractivity (Wildman–Crippen MR) is 88.0 cm³/mol. The summed E-state index contributed by atoms with van der Waals surface area (Å²) < 4.78 is 1.11. The highest BCUT2D eigenvalue weighted by atomic mass is 79.9. The van der Waals surface area contributed by atoms with Gasteiger partial charge in [-0.3, -0.25) is 4.99 Å². The summed E-state index contributed by atoms with van der Waals surface area (Å²) in [6.45, 7) is 1.01. The standard InChI is InChI=1S/C15H19BrN2S/c16-12-4-6-13(7-5-12)18-14-17-10-15(11-19-14)8-2-1-3-9-15/h4-7H,1-3,8-11H2,(H,17,18). The number of benzene rings is 1. The van der Waals surface area contributed by atoms with Gasteiger partial charge in [-0.1, -0.05) is 47.0 Å². The minimum absolute atomic E-state index is 0.508. The van der Waals surface area contributed by atoms with Gasteiger partial charge in [0.15, 0.2) is 5.17 Å². The van der Waals surface area contributed by atoms with E-state index >= 15 is 0 Å². The molecule has 1 saturated carbocycles. The summed E-state index contributed by atoms with van der Waals surface area (Å²) in [7, 11) is 0. The molecule has 1 aromatic carbocycles. The first kappa shape index (κ1) is 13.5. The van der Waals surface area contributed by atoms with E-state index in [0.29, 0.717) is 5.41 Å². The van der Waals surface area contributed by atoms with E-state index in [-0.39, 0.29) is 0 Å². The van der Waals surface area contributed by atoms with Crippen molar-refractivity contribution in [3.8, 4) is 0 Å². The third-order valence-electron chi connectivity index (χ3n) is 4.08. The van der Waals surface area contributed by atoms with Crippen LogP contribution in [0.25, 0.3) is 0 Å². The Balaban J connectivity index is 1.63. The van der Waals surface area contributed by atoms with Crippen LogP contribution in [0.2, 0.25) is 0 Å². The Bertz CT molecular complexity index is 464. The van der Waals surface area contributed by atoms with Crippen molar-refractivity contribution >= 4 is 38.5 Å². The lowest BCUT2D eigenvalue weighted by molar-refractivity contribution is 0.232. The minimum Gasteiger partial charge on any atom is -0.335 e. The summed E-state index contributed by atoms with van der Waals surface area (Å²) in [5.41, 5.74) is 1.63. The minimum atomic E-state index is 0.508. The van der Waals surface area contributed by atoms with Crippen LogP contribution in [0.4, 0.5) is 5.69 Å². The smallest absolute Gasteiger partial charge is 0.161 e. The molecule has 0 radical (unpaired) electrons. The van der Waals surface area contributed by atoms with Gasteiger partial charge in [-0.25, -0.2) is 0 Å². The molecule has 0 atom stereocenters. The first-order chi connectivity index (χ1) is 9.26. The molecule has 4 heteroatoms. The maximum Gasteiger partial charge on any atom is 0.161 e. The van der Waals surface area contributed by atoms with Crippen molar-refractivity contribution in [2.45, 2.75) is 32.1 Å². The van der Waals surface area contributed by atoms with Crippen molar-refractivity contribution in [2.24, 2.45) is 10.4 Å². The molecule has 1 spiro atoms. The molecule has 1 heterocycles. The number of halogens is 1. The van der Waals surface area contributed by atoms with Gasteiger partial charge in [0.05, 0.1) is 0 Å². The predicted octanol–water partition coefficient (Wildman–Crippen LogP) is 4.91. The van der Waals surface area contributed by atoms with E-state index in [9.17, 15) is 0 Å². The fraction of sp³-hybridized carbons (Fsp3) is 0.533. The highest BCUT2D eigenvalue weighted by Gasteiger charge is 2.34. The van der Waals surface area contributed by atoms with Crippen LogP contribution in [0, 0.1) is 5.41 Å². The molecule has 1 aliphatic heterocycles. The molecule has 0 unspecified atom stereocenters. The van der Waals surface area contributed by atoms with Gasteiger partial charge in [-0.05, 0) is 42.5 Å². The van der Waals surface area contributed by atoms with Crippen LogP contribution < -0.4 is 5.32 Å². The van der Waals surface area contributed by atoms with Crippen LogP contribution in [-0.2, 0) is 0 Å². The maximum absolute atomic E-state index is 4.78. The van der Waals surface area contributed by atoms with E-state index in [4.69, 9.17) is 4.99 Å². The van der Waals surface area contributed by atoms with Crippen molar-refractivity contribution in [3.05, 3.63) is 28.7 Å². The van der Waals surface area contributed by atoms with Gasteiger partial charge in [0, 0.05) is 22.5 Å². The highest BCUT2D eigenvalue weighted by molar-refractivity contribution is 9.10. The average Bonchev–Trinajstić information content (AvgIpc) is 2.45. The Morgan fingerprint density at radius 3 is 2.47 bits per heavy atom. The first-order valence-corrected chi connectivity index (χ1v) is 8.74. The van der Waals surface area contributed by atoms with E-state index in [1.165, 1.54) is 37.9 Å². The molecular weight excluding hydrogens is 320 g/mol. The van der Waals surface area contributed by atoms with Gasteiger partial charge in [-0.15, -0.1) is 0 Å². The Labute approximate surface area is 127 Å². The zero-order chi connectivity index (χ0) is 13.1. The van der Waals surface area contributed by atoms with Crippen LogP contribution in [-0.4, -0.2) is 17.5 Å². The average molecular weight is 339 g/mol. The van der Waals surface area contributed by atoms with Crippen LogP contribution in [0.1, 0.15) is 32.1 Å². The Morgan fingerprint density at radius 1 is 1.11 bits per heavy atom. The topological polar surface area (TPSA) is 24.4 Å². The molecule has 102 valence electrons. The van der Waals surface area contributed by atoms with Gasteiger partial charge in [-0.2, -0.15) is 0 Å². The second-order valence-corrected chi connectivity index (χ2v) is 7.48. The second kappa shape index (κ2) is 5.88. The molecule has 19 heavy (non-hydrogen) atoms.